The second kappa shape index (κ2) is 20.5. The normalized spacial score (nSPS) is 12.0. The van der Waals surface area contributed by atoms with Gasteiger partial charge in [0.25, 0.3) is 0 Å². The highest BCUT2D eigenvalue weighted by Gasteiger charge is 2.34. The lowest BCUT2D eigenvalue weighted by Gasteiger charge is -2.26. The van der Waals surface area contributed by atoms with Crippen LogP contribution in [0.2, 0.25) is 13.1 Å². The zero-order valence-electron chi connectivity index (χ0n) is 19.9. The molecule has 0 fully saturated rings. The summed E-state index contributed by atoms with van der Waals surface area (Å²) in [5.41, 5.74) is 0. The molecule has 0 saturated heterocycles. The van der Waals surface area contributed by atoms with Gasteiger partial charge in [-0.15, -0.1) is 0 Å². The van der Waals surface area contributed by atoms with E-state index in [1.54, 1.807) is 0 Å². The van der Waals surface area contributed by atoms with E-state index in [1.165, 1.54) is 0 Å². The van der Waals surface area contributed by atoms with Crippen LogP contribution in [0.3, 0.4) is 0 Å². The minimum Gasteiger partial charge on any atom is -0.374 e. The Hall–Kier alpha value is 0.194. The first-order valence-corrected chi connectivity index (χ1v) is 15.6. The number of rotatable bonds is 18. The molecule has 0 unspecified atom stereocenters. The highest BCUT2D eigenvalue weighted by Crippen LogP contribution is 2.12. The van der Waals surface area contributed by atoms with Gasteiger partial charge in [-0.3, -0.25) is 0 Å². The Balaban J connectivity index is 0. The van der Waals surface area contributed by atoms with Gasteiger partial charge in [0.2, 0.25) is 0 Å². The summed E-state index contributed by atoms with van der Waals surface area (Å²) in [4.78, 5) is 0. The smallest absolute Gasteiger partial charge is 0.374 e. The van der Waals surface area contributed by atoms with Crippen LogP contribution in [-0.2, 0) is 26.6 Å². The molecule has 0 rings (SSSR count). The van der Waals surface area contributed by atoms with Crippen LogP contribution in [-0.4, -0.2) is 57.3 Å². The third-order valence-corrected chi connectivity index (χ3v) is 8.43. The maximum absolute atomic E-state index is 5.86. The minimum absolute atomic E-state index is 0.655. The van der Waals surface area contributed by atoms with Crippen LogP contribution in [0.4, 0.5) is 0 Å². The average molecular weight is 441 g/mol. The molecule has 0 aromatic heterocycles. The van der Waals surface area contributed by atoms with Crippen molar-refractivity contribution in [1.29, 1.82) is 0 Å². The highest BCUT2D eigenvalue weighted by molar-refractivity contribution is 6.59. The number of hydrogen-bond acceptors (Lipinski definition) is 6. The van der Waals surface area contributed by atoms with Gasteiger partial charge in [-0.2, -0.15) is 0 Å². The Morgan fingerprint density at radius 1 is 0.429 bits per heavy atom. The molecule has 0 saturated carbocycles. The maximum Gasteiger partial charge on any atom is 0.497 e. The molecule has 0 aliphatic rings. The molecule has 172 valence electrons. The van der Waals surface area contributed by atoms with Crippen LogP contribution in [0, 0.1) is 0 Å². The van der Waals surface area contributed by atoms with E-state index in [0.717, 1.165) is 58.3 Å². The molecule has 8 heteroatoms. The molecule has 0 spiro atoms. The van der Waals surface area contributed by atoms with Crippen LogP contribution in [0.15, 0.2) is 0 Å². The molecule has 0 heterocycles. The molecule has 0 bridgehead atoms. The molecule has 0 radical (unpaired) electrons. The Morgan fingerprint density at radius 2 is 0.679 bits per heavy atom. The van der Waals surface area contributed by atoms with E-state index >= 15 is 0 Å². The van der Waals surface area contributed by atoms with Crippen LogP contribution in [0.1, 0.15) is 80.1 Å². The van der Waals surface area contributed by atoms with E-state index < -0.39 is 17.6 Å². The largest absolute Gasteiger partial charge is 0.497 e. The van der Waals surface area contributed by atoms with Gasteiger partial charge in [-0.1, -0.05) is 40.0 Å². The molecule has 0 N–H and O–H groups in total. The quantitative estimate of drug-likeness (QED) is 0.202. The monoisotopic (exact) mass is 440 g/mol. The highest BCUT2D eigenvalue weighted by atomic mass is 28.4. The van der Waals surface area contributed by atoms with E-state index in [9.17, 15) is 0 Å². The van der Waals surface area contributed by atoms with Crippen LogP contribution in [0.5, 0.6) is 0 Å². The molecule has 0 aliphatic carbocycles. The van der Waals surface area contributed by atoms with Crippen molar-refractivity contribution in [3.63, 3.8) is 0 Å². The van der Waals surface area contributed by atoms with Gasteiger partial charge < -0.3 is 26.6 Å². The van der Waals surface area contributed by atoms with E-state index in [1.807, 2.05) is 33.9 Å². The van der Waals surface area contributed by atoms with Crippen LogP contribution >= 0.6 is 0 Å². The lowest BCUT2D eigenvalue weighted by atomic mass is 10.4. The predicted molar refractivity (Wildman–Crippen MR) is 121 cm³/mol. The second-order valence-corrected chi connectivity index (χ2v) is 11.8. The van der Waals surface area contributed by atoms with Crippen molar-refractivity contribution in [2.24, 2.45) is 0 Å². The van der Waals surface area contributed by atoms with Crippen molar-refractivity contribution in [3.8, 4) is 0 Å². The van der Waals surface area contributed by atoms with Crippen LogP contribution in [0.25, 0.3) is 0 Å². The molecule has 0 amide bonds. The Bertz CT molecular complexity index is 278. The zero-order valence-corrected chi connectivity index (χ0v) is 21.9. The first-order valence-electron chi connectivity index (χ1n) is 11.2. The third-order valence-electron chi connectivity index (χ3n) is 3.81. The zero-order chi connectivity index (χ0) is 21.7. The van der Waals surface area contributed by atoms with E-state index in [0.29, 0.717) is 19.8 Å². The molecule has 6 nitrogen and oxygen atoms in total. The van der Waals surface area contributed by atoms with Crippen molar-refractivity contribution < 1.29 is 26.6 Å². The molecule has 28 heavy (non-hydrogen) atoms. The standard InChI is InChI=1S/C13H30O3Si.C7H18O3Si/c1-5-8-11-14-17(4,15-12-9-6-2)16-13-10-7-3;1-5-8-11(4,9-6-2)10-7-3/h5-13H2,1-4H3;5-7H2,1-4H3. The predicted octanol–water partition coefficient (Wildman–Crippen LogP) is 5.67. The van der Waals surface area contributed by atoms with E-state index in [4.69, 9.17) is 26.6 Å². The minimum atomic E-state index is -2.36. The summed E-state index contributed by atoms with van der Waals surface area (Å²) in [6.07, 6.45) is 6.68. The van der Waals surface area contributed by atoms with Gasteiger partial charge in [0.1, 0.15) is 0 Å². The van der Waals surface area contributed by atoms with Gasteiger partial charge in [0.15, 0.2) is 0 Å². The lowest BCUT2D eigenvalue weighted by Crippen LogP contribution is -2.43. The van der Waals surface area contributed by atoms with Crippen molar-refractivity contribution in [2.45, 2.75) is 93.2 Å². The Kier molecular flexibility index (Phi) is 22.2. The molecule has 0 aromatic rings. The van der Waals surface area contributed by atoms with Gasteiger partial charge in [-0.25, -0.2) is 0 Å². The van der Waals surface area contributed by atoms with Crippen molar-refractivity contribution >= 4 is 17.6 Å². The molecule has 0 atom stereocenters. The average Bonchev–Trinajstić information content (AvgIpc) is 2.63. The SMILES string of the molecule is CCCCO[Si](C)(OCCCC)OCCCC.CCO[Si](C)(OCC)OCC. The fourth-order valence-electron chi connectivity index (χ4n) is 2.24. The summed E-state index contributed by atoms with van der Waals surface area (Å²) >= 11 is 0. The van der Waals surface area contributed by atoms with Gasteiger partial charge in [-0.05, 0) is 40.0 Å². The summed E-state index contributed by atoms with van der Waals surface area (Å²) < 4.78 is 33.8. The van der Waals surface area contributed by atoms with E-state index in [2.05, 4.69) is 20.8 Å². The number of hydrogen-bond donors (Lipinski definition) is 0. The Morgan fingerprint density at radius 3 is 0.893 bits per heavy atom. The molecular weight excluding hydrogens is 392 g/mol. The fourth-order valence-corrected chi connectivity index (χ4v) is 5.86. The van der Waals surface area contributed by atoms with Crippen LogP contribution < -0.4 is 0 Å². The van der Waals surface area contributed by atoms with Gasteiger partial charge >= 0.3 is 17.6 Å². The second-order valence-electron chi connectivity index (χ2n) is 6.63. The summed E-state index contributed by atoms with van der Waals surface area (Å²) in [6.45, 7) is 20.5. The maximum atomic E-state index is 5.86. The number of unbranched alkanes of at least 4 members (excludes halogenated alkanes) is 3. The molecule has 0 aromatic carbocycles. The van der Waals surface area contributed by atoms with Gasteiger partial charge in [0, 0.05) is 52.7 Å². The topological polar surface area (TPSA) is 55.4 Å². The summed E-state index contributed by atoms with van der Waals surface area (Å²) in [5.74, 6) is 0. The summed E-state index contributed by atoms with van der Waals surface area (Å²) in [6, 6.07) is 0. The summed E-state index contributed by atoms with van der Waals surface area (Å²) in [7, 11) is -4.61. The fraction of sp³-hybridized carbons (Fsp3) is 1.00. The Labute approximate surface area is 177 Å². The molecule has 0 aliphatic heterocycles. The first kappa shape index (κ1) is 30.4. The van der Waals surface area contributed by atoms with Crippen molar-refractivity contribution in [2.75, 3.05) is 39.6 Å². The summed E-state index contributed by atoms with van der Waals surface area (Å²) in [5, 5.41) is 0. The van der Waals surface area contributed by atoms with E-state index in [-0.39, 0.29) is 0 Å². The third kappa shape index (κ3) is 18.2. The van der Waals surface area contributed by atoms with Crippen molar-refractivity contribution in [3.05, 3.63) is 0 Å². The molecular formula is C20H48O6Si2. The van der Waals surface area contributed by atoms with Crippen molar-refractivity contribution in [1.82, 2.24) is 0 Å². The van der Waals surface area contributed by atoms with Gasteiger partial charge in [0.05, 0.1) is 0 Å². The lowest BCUT2D eigenvalue weighted by molar-refractivity contribution is 0.0628. The first-order chi connectivity index (χ1) is 13.4.